The van der Waals surface area contributed by atoms with Crippen molar-refractivity contribution in [2.75, 3.05) is 33.2 Å². The number of nitrogens with zero attached hydrogens (tertiary/aromatic N) is 3. The van der Waals surface area contributed by atoms with E-state index < -0.39 is 0 Å². The smallest absolute Gasteiger partial charge is 0.139 e. The minimum atomic E-state index is 0.857. The van der Waals surface area contributed by atoms with Crippen molar-refractivity contribution in [1.82, 2.24) is 25.2 Å². The molecule has 1 fully saturated rings. The minimum Gasteiger partial charge on any atom is -0.342 e. The Morgan fingerprint density at radius 2 is 2.03 bits per heavy atom. The van der Waals surface area contributed by atoms with Gasteiger partial charge >= 0.3 is 0 Å². The summed E-state index contributed by atoms with van der Waals surface area (Å²) < 4.78 is 0. The molecule has 0 bridgehead atoms. The summed E-state index contributed by atoms with van der Waals surface area (Å²) in [4.78, 5) is 14.1. The first-order valence-electron chi connectivity index (χ1n) is 11.4. The lowest BCUT2D eigenvalue weighted by Crippen LogP contribution is -2.37. The van der Waals surface area contributed by atoms with Crippen LogP contribution in [0.2, 0.25) is 0 Å². The lowest BCUT2D eigenvalue weighted by molar-refractivity contribution is 0.200. The zero-order valence-electron chi connectivity index (χ0n) is 20.1. The average molecular weight is 424 g/mol. The van der Waals surface area contributed by atoms with E-state index in [0.29, 0.717) is 0 Å². The molecule has 1 saturated heterocycles. The lowest BCUT2D eigenvalue weighted by Gasteiger charge is -2.32. The monoisotopic (exact) mass is 423 g/mol. The standard InChI is InChI=1S/C13H26N2.C10H11N3.C3H4/c1-4-5-12(2)13-6-9-15(10-7-13)11-8-14-3;1-2-9-7-12-10(13-9)8-4-3-5-11-6-8;1-3-2/h5,13-14H,4,6-11H2,1-3H3;3-7H,2H2,1H3,(H,12,13);1H,2H3/b12-5+;;. The number of pyridine rings is 1. The molecule has 2 aromatic heterocycles. The van der Waals surface area contributed by atoms with Crippen LogP contribution in [0.25, 0.3) is 11.4 Å². The van der Waals surface area contributed by atoms with Gasteiger partial charge in [0.15, 0.2) is 0 Å². The van der Waals surface area contributed by atoms with Gasteiger partial charge in [-0.1, -0.05) is 25.5 Å². The van der Waals surface area contributed by atoms with Crippen molar-refractivity contribution in [3.63, 3.8) is 0 Å². The predicted octanol–water partition coefficient (Wildman–Crippen LogP) is 4.95. The summed E-state index contributed by atoms with van der Waals surface area (Å²) in [6.45, 7) is 13.2. The Kier molecular flexibility index (Phi) is 14.0. The quantitative estimate of drug-likeness (QED) is 0.489. The minimum absolute atomic E-state index is 0.857. The van der Waals surface area contributed by atoms with Gasteiger partial charge in [0, 0.05) is 42.9 Å². The average Bonchev–Trinajstić information content (AvgIpc) is 3.29. The van der Waals surface area contributed by atoms with Gasteiger partial charge in [0.05, 0.1) is 0 Å². The molecule has 0 atom stereocenters. The molecule has 31 heavy (non-hydrogen) atoms. The molecule has 0 aromatic carbocycles. The van der Waals surface area contributed by atoms with E-state index in [-0.39, 0.29) is 0 Å². The largest absolute Gasteiger partial charge is 0.342 e. The zero-order valence-corrected chi connectivity index (χ0v) is 20.1. The van der Waals surface area contributed by atoms with Crippen LogP contribution in [0.1, 0.15) is 52.7 Å². The second-order valence-corrected chi connectivity index (χ2v) is 7.72. The van der Waals surface area contributed by atoms with Crippen molar-refractivity contribution in [1.29, 1.82) is 0 Å². The van der Waals surface area contributed by atoms with Gasteiger partial charge in [-0.3, -0.25) is 4.98 Å². The van der Waals surface area contributed by atoms with E-state index >= 15 is 0 Å². The number of nitrogens with one attached hydrogen (secondary N) is 2. The van der Waals surface area contributed by atoms with Gasteiger partial charge in [0.2, 0.25) is 0 Å². The first-order valence-corrected chi connectivity index (χ1v) is 11.4. The third-order valence-electron chi connectivity index (χ3n) is 5.38. The summed E-state index contributed by atoms with van der Waals surface area (Å²) in [7, 11) is 2.03. The number of aryl methyl sites for hydroxylation is 1. The normalized spacial score (nSPS) is 14.6. The van der Waals surface area contributed by atoms with Crippen molar-refractivity contribution in [2.24, 2.45) is 5.92 Å². The van der Waals surface area contributed by atoms with Gasteiger partial charge in [0.1, 0.15) is 5.82 Å². The molecule has 3 heterocycles. The number of imidazole rings is 1. The van der Waals surface area contributed by atoms with E-state index in [1.807, 2.05) is 25.4 Å². The first-order chi connectivity index (χ1) is 15.1. The number of allylic oxidation sites excluding steroid dienone is 2. The maximum Gasteiger partial charge on any atom is 0.139 e. The van der Waals surface area contributed by atoms with Crippen molar-refractivity contribution in [3.05, 3.63) is 48.1 Å². The number of likely N-dealkylation sites (N-methyl/N-ethyl adjacent to an activating group) is 1. The molecule has 2 aromatic rings. The Morgan fingerprint density at radius 3 is 2.55 bits per heavy atom. The molecule has 0 spiro atoms. The molecule has 5 nitrogen and oxygen atoms in total. The number of piperidine rings is 1. The predicted molar refractivity (Wildman–Crippen MR) is 133 cm³/mol. The molecule has 1 aliphatic rings. The molecule has 170 valence electrons. The van der Waals surface area contributed by atoms with Crippen LogP contribution >= 0.6 is 0 Å². The summed E-state index contributed by atoms with van der Waals surface area (Å²) >= 11 is 0. The third kappa shape index (κ3) is 10.4. The van der Waals surface area contributed by atoms with Crippen molar-refractivity contribution in [3.8, 4) is 23.7 Å². The third-order valence-corrected chi connectivity index (χ3v) is 5.38. The van der Waals surface area contributed by atoms with Crippen LogP contribution in [0.5, 0.6) is 0 Å². The fourth-order valence-electron chi connectivity index (χ4n) is 3.56. The number of rotatable bonds is 7. The summed E-state index contributed by atoms with van der Waals surface area (Å²) in [6, 6.07) is 3.90. The van der Waals surface area contributed by atoms with Crippen LogP contribution in [0, 0.1) is 18.3 Å². The highest BCUT2D eigenvalue weighted by Gasteiger charge is 2.19. The molecule has 0 saturated carbocycles. The first kappa shape index (κ1) is 26.6. The van der Waals surface area contributed by atoms with Gasteiger partial charge in [-0.2, -0.15) is 0 Å². The van der Waals surface area contributed by atoms with Crippen molar-refractivity contribution in [2.45, 2.75) is 53.4 Å². The molecular formula is C26H41N5. The fraction of sp³-hybridized carbons (Fsp3) is 0.538. The molecule has 0 aliphatic carbocycles. The Hall–Kier alpha value is -2.42. The Morgan fingerprint density at radius 1 is 1.32 bits per heavy atom. The SMILES string of the molecule is C#CC.CC/C=C(\C)C1CCN(CCNC)CC1.CCc1cnc(-c2cccnc2)[nH]1. The van der Waals surface area contributed by atoms with Crippen LogP contribution in [0.15, 0.2) is 42.4 Å². The molecule has 5 heteroatoms. The molecule has 0 amide bonds. The molecule has 0 unspecified atom stereocenters. The van der Waals surface area contributed by atoms with E-state index in [0.717, 1.165) is 36.0 Å². The Balaban J connectivity index is 0.000000277. The summed E-state index contributed by atoms with van der Waals surface area (Å²) in [6.07, 6.45) is 17.3. The molecular weight excluding hydrogens is 382 g/mol. The number of terminal acetylenes is 1. The maximum absolute atomic E-state index is 4.60. The van der Waals surface area contributed by atoms with Gasteiger partial charge in [-0.05, 0) is 77.7 Å². The highest BCUT2D eigenvalue weighted by molar-refractivity contribution is 5.53. The van der Waals surface area contributed by atoms with Crippen LogP contribution in [-0.2, 0) is 6.42 Å². The highest BCUT2D eigenvalue weighted by Crippen LogP contribution is 2.24. The van der Waals surface area contributed by atoms with E-state index in [2.05, 4.69) is 64.4 Å². The Labute approximate surface area is 189 Å². The summed E-state index contributed by atoms with van der Waals surface area (Å²) in [5.41, 5.74) is 3.80. The van der Waals surface area contributed by atoms with Crippen molar-refractivity contribution < 1.29 is 0 Å². The number of likely N-dealkylation sites (tertiary alicyclic amines) is 1. The number of hydrogen-bond acceptors (Lipinski definition) is 4. The van der Waals surface area contributed by atoms with E-state index in [1.165, 1.54) is 38.9 Å². The molecule has 2 N–H and O–H groups in total. The molecule has 0 radical (unpaired) electrons. The van der Waals surface area contributed by atoms with Crippen LogP contribution in [0.3, 0.4) is 0 Å². The topological polar surface area (TPSA) is 56.8 Å². The molecule has 1 aliphatic heterocycles. The fourth-order valence-corrected chi connectivity index (χ4v) is 3.56. The summed E-state index contributed by atoms with van der Waals surface area (Å²) in [5.74, 6) is 4.00. The van der Waals surface area contributed by atoms with Crippen molar-refractivity contribution >= 4 is 0 Å². The van der Waals surface area contributed by atoms with E-state index in [9.17, 15) is 0 Å². The number of aromatic nitrogens is 3. The van der Waals surface area contributed by atoms with E-state index in [1.54, 1.807) is 24.9 Å². The van der Waals surface area contributed by atoms with E-state index in [4.69, 9.17) is 0 Å². The van der Waals surface area contributed by atoms with Crippen LogP contribution in [-0.4, -0.2) is 53.1 Å². The van der Waals surface area contributed by atoms with Crippen LogP contribution < -0.4 is 5.32 Å². The van der Waals surface area contributed by atoms with Crippen LogP contribution in [0.4, 0.5) is 0 Å². The van der Waals surface area contributed by atoms with Gasteiger partial charge in [-0.15, -0.1) is 12.3 Å². The number of H-pyrrole nitrogens is 1. The summed E-state index contributed by atoms with van der Waals surface area (Å²) in [5, 5.41) is 3.22. The van der Waals surface area contributed by atoms with Gasteiger partial charge < -0.3 is 15.2 Å². The Bertz CT molecular complexity index is 765. The van der Waals surface area contributed by atoms with Gasteiger partial charge in [0.25, 0.3) is 0 Å². The second kappa shape index (κ2) is 16.3. The van der Waals surface area contributed by atoms with Gasteiger partial charge in [-0.25, -0.2) is 4.98 Å². The maximum atomic E-state index is 4.60. The highest BCUT2D eigenvalue weighted by atomic mass is 15.1. The lowest BCUT2D eigenvalue weighted by atomic mass is 9.89. The second-order valence-electron chi connectivity index (χ2n) is 7.72. The zero-order chi connectivity index (χ0) is 22.9. The molecule has 3 rings (SSSR count). The number of aromatic amines is 1. The number of hydrogen-bond donors (Lipinski definition) is 2.